The fourth-order valence-electron chi connectivity index (χ4n) is 2.12. The third-order valence-corrected chi connectivity index (χ3v) is 3.00. The highest BCUT2D eigenvalue weighted by Crippen LogP contribution is 2.15. The molecule has 0 radical (unpaired) electrons. The largest absolute Gasteiger partial charge is 0.400 e. The van der Waals surface area contributed by atoms with Crippen molar-refractivity contribution in [2.75, 3.05) is 14.2 Å². The van der Waals surface area contributed by atoms with E-state index in [9.17, 15) is 0 Å². The summed E-state index contributed by atoms with van der Waals surface area (Å²) in [4.78, 5) is 0. The van der Waals surface area contributed by atoms with Crippen LogP contribution in [0.3, 0.4) is 0 Å². The average molecular weight is 232 g/mol. The molecule has 0 unspecified atom stereocenters. The predicted octanol–water partition coefficient (Wildman–Crippen LogP) is 3.90. The molecule has 0 bridgehead atoms. The Morgan fingerprint density at radius 2 is 0.375 bits per heavy atom. The Labute approximate surface area is 102 Å². The molecule has 0 aliphatic heterocycles. The van der Waals surface area contributed by atoms with E-state index in [1.54, 1.807) is 0 Å². The highest BCUT2D eigenvalue weighted by Gasteiger charge is 1.96. The third-order valence-electron chi connectivity index (χ3n) is 3.00. The minimum absolute atomic E-state index is 1.00. The van der Waals surface area contributed by atoms with Crippen LogP contribution in [0.25, 0.3) is 0 Å². The van der Waals surface area contributed by atoms with Crippen molar-refractivity contribution in [3.8, 4) is 0 Å². The van der Waals surface area contributed by atoms with Crippen molar-refractivity contribution in [1.29, 1.82) is 0 Å². The highest BCUT2D eigenvalue weighted by atomic mass is 16.2. The molecular formula is C14H32O2. The van der Waals surface area contributed by atoms with E-state index in [1.807, 2.05) is 0 Å². The maximum Gasteiger partial charge on any atom is 0.0319 e. The van der Waals surface area contributed by atoms with Gasteiger partial charge in [-0.15, -0.1) is 0 Å². The molecule has 0 saturated heterocycles. The SMILES string of the molecule is C1CCCCCCCCCCC1.CO.CO. The molecule has 0 aromatic heterocycles. The number of hydrogen-bond acceptors (Lipinski definition) is 2. The van der Waals surface area contributed by atoms with E-state index in [4.69, 9.17) is 10.2 Å². The molecule has 0 amide bonds. The van der Waals surface area contributed by atoms with Gasteiger partial charge in [0.25, 0.3) is 0 Å². The Balaban J connectivity index is 0. The standard InChI is InChI=1S/C12H24.2CH4O/c1-2-4-6-8-10-12-11-9-7-5-3-1;2*1-2/h1-12H2;2*2H,1H3. The van der Waals surface area contributed by atoms with Gasteiger partial charge in [0.15, 0.2) is 0 Å². The van der Waals surface area contributed by atoms with E-state index in [1.165, 1.54) is 77.0 Å². The van der Waals surface area contributed by atoms with Gasteiger partial charge in [-0.25, -0.2) is 0 Å². The molecule has 0 aromatic rings. The predicted molar refractivity (Wildman–Crippen MR) is 71.7 cm³/mol. The van der Waals surface area contributed by atoms with Gasteiger partial charge >= 0.3 is 0 Å². The van der Waals surface area contributed by atoms with Crippen LogP contribution in [0.15, 0.2) is 0 Å². The Morgan fingerprint density at radius 1 is 0.312 bits per heavy atom. The van der Waals surface area contributed by atoms with Crippen molar-refractivity contribution in [3.63, 3.8) is 0 Å². The second-order valence-electron chi connectivity index (χ2n) is 4.24. The monoisotopic (exact) mass is 232 g/mol. The van der Waals surface area contributed by atoms with Gasteiger partial charge in [-0.1, -0.05) is 77.0 Å². The maximum atomic E-state index is 7.00. The van der Waals surface area contributed by atoms with Crippen molar-refractivity contribution in [2.24, 2.45) is 0 Å². The molecule has 2 N–H and O–H groups in total. The fourth-order valence-corrected chi connectivity index (χ4v) is 2.12. The summed E-state index contributed by atoms with van der Waals surface area (Å²) in [5.41, 5.74) is 0. The molecule has 0 heterocycles. The Bertz CT molecular complexity index is 51.7. The van der Waals surface area contributed by atoms with Crippen molar-refractivity contribution < 1.29 is 10.2 Å². The molecule has 1 rings (SSSR count). The van der Waals surface area contributed by atoms with Gasteiger partial charge in [0, 0.05) is 14.2 Å². The molecule has 1 aliphatic rings. The van der Waals surface area contributed by atoms with E-state index < -0.39 is 0 Å². The number of hydrogen-bond donors (Lipinski definition) is 2. The van der Waals surface area contributed by atoms with Crippen molar-refractivity contribution in [2.45, 2.75) is 77.0 Å². The van der Waals surface area contributed by atoms with Gasteiger partial charge in [-0.3, -0.25) is 0 Å². The summed E-state index contributed by atoms with van der Waals surface area (Å²) in [5, 5.41) is 14.0. The van der Waals surface area contributed by atoms with E-state index >= 15 is 0 Å². The van der Waals surface area contributed by atoms with Crippen LogP contribution >= 0.6 is 0 Å². The quantitative estimate of drug-likeness (QED) is 0.665. The maximum absolute atomic E-state index is 7.00. The summed E-state index contributed by atoms with van der Waals surface area (Å²) in [5.74, 6) is 0. The van der Waals surface area contributed by atoms with E-state index in [0.29, 0.717) is 0 Å². The van der Waals surface area contributed by atoms with Gasteiger partial charge in [0.05, 0.1) is 0 Å². The first-order valence-electron chi connectivity index (χ1n) is 6.89. The second-order valence-corrected chi connectivity index (χ2v) is 4.24. The van der Waals surface area contributed by atoms with Crippen LogP contribution in [0.1, 0.15) is 77.0 Å². The van der Waals surface area contributed by atoms with Gasteiger partial charge < -0.3 is 10.2 Å². The van der Waals surface area contributed by atoms with Crippen LogP contribution in [-0.2, 0) is 0 Å². The zero-order valence-electron chi connectivity index (χ0n) is 11.4. The molecule has 1 aliphatic carbocycles. The summed E-state index contributed by atoms with van der Waals surface area (Å²) < 4.78 is 0. The molecule has 0 aromatic carbocycles. The Hall–Kier alpha value is -0.0800. The molecule has 1 saturated carbocycles. The molecule has 2 heteroatoms. The van der Waals surface area contributed by atoms with Crippen LogP contribution < -0.4 is 0 Å². The molecule has 0 atom stereocenters. The Morgan fingerprint density at radius 3 is 0.438 bits per heavy atom. The van der Waals surface area contributed by atoms with Crippen LogP contribution in [0.5, 0.6) is 0 Å². The molecular weight excluding hydrogens is 200 g/mol. The van der Waals surface area contributed by atoms with Crippen molar-refractivity contribution in [1.82, 2.24) is 0 Å². The first kappa shape index (κ1) is 18.3. The lowest BCUT2D eigenvalue weighted by Gasteiger charge is -2.05. The summed E-state index contributed by atoms with van der Waals surface area (Å²) in [6.45, 7) is 0. The second kappa shape index (κ2) is 20.3. The smallest absolute Gasteiger partial charge is 0.0319 e. The number of aliphatic hydroxyl groups is 2. The Kier molecular flexibility index (Phi) is 23.3. The molecule has 0 spiro atoms. The molecule has 16 heavy (non-hydrogen) atoms. The minimum Gasteiger partial charge on any atom is -0.400 e. The lowest BCUT2D eigenvalue weighted by atomic mass is 10.0. The lowest BCUT2D eigenvalue weighted by Crippen LogP contribution is -1.85. The molecule has 1 fully saturated rings. The average Bonchev–Trinajstić information content (AvgIpc) is 2.35. The van der Waals surface area contributed by atoms with E-state index in [-0.39, 0.29) is 0 Å². The van der Waals surface area contributed by atoms with Gasteiger partial charge in [0.1, 0.15) is 0 Å². The number of aliphatic hydroxyl groups excluding tert-OH is 2. The molecule has 2 nitrogen and oxygen atoms in total. The lowest BCUT2D eigenvalue weighted by molar-refractivity contribution is 0.399. The first-order valence-corrected chi connectivity index (χ1v) is 6.89. The summed E-state index contributed by atoms with van der Waals surface area (Å²) in [6, 6.07) is 0. The van der Waals surface area contributed by atoms with Crippen LogP contribution in [0, 0.1) is 0 Å². The number of rotatable bonds is 0. The van der Waals surface area contributed by atoms with Crippen LogP contribution in [0.2, 0.25) is 0 Å². The van der Waals surface area contributed by atoms with Gasteiger partial charge in [-0.05, 0) is 0 Å². The molecule has 100 valence electrons. The fraction of sp³-hybridized carbons (Fsp3) is 1.00. The topological polar surface area (TPSA) is 40.5 Å². The summed E-state index contributed by atoms with van der Waals surface area (Å²) >= 11 is 0. The van der Waals surface area contributed by atoms with Crippen LogP contribution in [0.4, 0.5) is 0 Å². The summed E-state index contributed by atoms with van der Waals surface area (Å²) in [6.07, 6.45) is 18.0. The first-order chi connectivity index (χ1) is 8.00. The van der Waals surface area contributed by atoms with Gasteiger partial charge in [-0.2, -0.15) is 0 Å². The van der Waals surface area contributed by atoms with E-state index in [2.05, 4.69) is 0 Å². The zero-order chi connectivity index (χ0) is 12.5. The third kappa shape index (κ3) is 16.4. The van der Waals surface area contributed by atoms with E-state index in [0.717, 1.165) is 14.2 Å². The van der Waals surface area contributed by atoms with Gasteiger partial charge in [0.2, 0.25) is 0 Å². The zero-order valence-corrected chi connectivity index (χ0v) is 11.4. The van der Waals surface area contributed by atoms with Crippen LogP contribution in [-0.4, -0.2) is 24.4 Å². The normalized spacial score (nSPS) is 18.8. The highest BCUT2D eigenvalue weighted by molar-refractivity contribution is 4.51. The van der Waals surface area contributed by atoms with Crippen molar-refractivity contribution >= 4 is 0 Å². The summed E-state index contributed by atoms with van der Waals surface area (Å²) in [7, 11) is 2.00. The minimum atomic E-state index is 1.00. The van der Waals surface area contributed by atoms with Crippen molar-refractivity contribution in [3.05, 3.63) is 0 Å².